The van der Waals surface area contributed by atoms with Gasteiger partial charge in [0.1, 0.15) is 5.58 Å². The van der Waals surface area contributed by atoms with Crippen molar-refractivity contribution in [2.24, 2.45) is 0 Å². The van der Waals surface area contributed by atoms with Crippen LogP contribution in [0.4, 0.5) is 17.1 Å². The second-order valence-electron chi connectivity index (χ2n) is 19.4. The lowest BCUT2D eigenvalue weighted by molar-refractivity contribution is 0.573. The Labute approximate surface area is 396 Å². The fraction of sp³-hybridized carbons (Fsp3) is 0.0606. The van der Waals surface area contributed by atoms with E-state index in [1.54, 1.807) is 0 Å². The number of rotatable bonds is 6. The van der Waals surface area contributed by atoms with Crippen molar-refractivity contribution in [1.29, 1.82) is 0 Å². The lowest BCUT2D eigenvalue weighted by Crippen LogP contribution is -2.11. The maximum Gasteiger partial charge on any atom is 0.159 e. The molecule has 1 aromatic heterocycles. The molecular weight excluding hydrogens is 823 g/mol. The van der Waals surface area contributed by atoms with Crippen molar-refractivity contribution in [1.82, 2.24) is 0 Å². The van der Waals surface area contributed by atoms with Gasteiger partial charge in [-0.25, -0.2) is 0 Å². The summed E-state index contributed by atoms with van der Waals surface area (Å²) in [6, 6.07) is 84.6. The summed E-state index contributed by atoms with van der Waals surface area (Å²) >= 11 is 0. The topological polar surface area (TPSA) is 16.4 Å². The van der Waals surface area contributed by atoms with E-state index in [2.05, 4.69) is 256 Å². The highest BCUT2D eigenvalue weighted by atomic mass is 16.3. The van der Waals surface area contributed by atoms with Gasteiger partial charge in [-0.15, -0.1) is 0 Å². The molecule has 0 spiro atoms. The van der Waals surface area contributed by atoms with Crippen molar-refractivity contribution in [2.75, 3.05) is 4.90 Å². The number of anilines is 3. The molecule has 0 aliphatic rings. The summed E-state index contributed by atoms with van der Waals surface area (Å²) in [5.74, 6) is 0. The predicted octanol–water partition coefficient (Wildman–Crippen LogP) is 19.1. The summed E-state index contributed by atoms with van der Waals surface area (Å²) in [5, 5.41) is 14.5. The van der Waals surface area contributed by atoms with Crippen LogP contribution in [0.15, 0.2) is 235 Å². The van der Waals surface area contributed by atoms with Gasteiger partial charge in [0.15, 0.2) is 5.58 Å². The third-order valence-electron chi connectivity index (χ3n) is 14.1. The van der Waals surface area contributed by atoms with Crippen molar-refractivity contribution in [3.63, 3.8) is 0 Å². The van der Waals surface area contributed by atoms with E-state index in [4.69, 9.17) is 4.42 Å². The Morgan fingerprint density at radius 1 is 0.309 bits per heavy atom. The normalized spacial score (nSPS) is 12.0. The lowest BCUT2D eigenvalue weighted by atomic mass is 9.84. The third-order valence-corrected chi connectivity index (χ3v) is 14.1. The number of nitrogens with zero attached hydrogens (tertiary/aromatic N) is 1. The molecule has 2 nitrogen and oxygen atoms in total. The predicted molar refractivity (Wildman–Crippen MR) is 291 cm³/mol. The van der Waals surface area contributed by atoms with Crippen molar-refractivity contribution >= 4 is 92.9 Å². The van der Waals surface area contributed by atoms with Crippen molar-refractivity contribution < 1.29 is 4.42 Å². The summed E-state index contributed by atoms with van der Waals surface area (Å²) in [5.41, 5.74) is 13.2. The molecule has 322 valence electrons. The van der Waals surface area contributed by atoms with Gasteiger partial charge in [-0.2, -0.15) is 0 Å². The summed E-state index contributed by atoms with van der Waals surface area (Å²) in [6.07, 6.45) is 0. The van der Waals surface area contributed by atoms with Crippen LogP contribution in [0.25, 0.3) is 109 Å². The Morgan fingerprint density at radius 2 is 0.721 bits per heavy atom. The zero-order valence-electron chi connectivity index (χ0n) is 38.3. The van der Waals surface area contributed by atoms with Gasteiger partial charge >= 0.3 is 0 Å². The minimum atomic E-state index is -0.127. The number of para-hydroxylation sites is 1. The molecular formula is C66H47NO. The van der Waals surface area contributed by atoms with Gasteiger partial charge in [-0.3, -0.25) is 0 Å². The Hall–Kier alpha value is -8.46. The van der Waals surface area contributed by atoms with Gasteiger partial charge in [-0.05, 0) is 159 Å². The van der Waals surface area contributed by atoms with Crippen LogP contribution in [-0.4, -0.2) is 0 Å². The molecule has 0 N–H and O–H groups in total. The molecule has 0 saturated heterocycles. The molecule has 0 unspecified atom stereocenters. The minimum Gasteiger partial charge on any atom is -0.454 e. The lowest BCUT2D eigenvalue weighted by Gasteiger charge is -2.26. The van der Waals surface area contributed by atoms with Crippen LogP contribution in [0.2, 0.25) is 0 Å². The highest BCUT2D eigenvalue weighted by Gasteiger charge is 2.26. The first kappa shape index (κ1) is 39.9. The number of fused-ring (bicyclic) bond motifs is 9. The Kier molecular flexibility index (Phi) is 9.13. The Morgan fingerprint density at radius 3 is 1.28 bits per heavy atom. The van der Waals surface area contributed by atoms with Crippen LogP contribution in [0.5, 0.6) is 0 Å². The first-order chi connectivity index (χ1) is 33.3. The van der Waals surface area contributed by atoms with Gasteiger partial charge in [0.25, 0.3) is 0 Å². The average Bonchev–Trinajstić information content (AvgIpc) is 3.78. The molecule has 1 heterocycles. The van der Waals surface area contributed by atoms with E-state index >= 15 is 0 Å². The van der Waals surface area contributed by atoms with Crippen LogP contribution in [0.1, 0.15) is 26.3 Å². The third kappa shape index (κ3) is 6.79. The number of hydrogen-bond donors (Lipinski definition) is 0. The zero-order valence-corrected chi connectivity index (χ0v) is 38.3. The van der Waals surface area contributed by atoms with Gasteiger partial charge in [0.05, 0.1) is 5.69 Å². The number of furan rings is 1. The number of benzene rings is 12. The molecule has 68 heavy (non-hydrogen) atoms. The van der Waals surface area contributed by atoms with Crippen LogP contribution in [0, 0.1) is 0 Å². The largest absolute Gasteiger partial charge is 0.454 e. The molecule has 0 aliphatic carbocycles. The fourth-order valence-electron chi connectivity index (χ4n) is 10.5. The molecule has 12 aromatic carbocycles. The molecule has 0 atom stereocenters. The molecule has 2 heteroatoms. The summed E-state index contributed by atoms with van der Waals surface area (Å²) in [7, 11) is 0. The molecule has 0 radical (unpaired) electrons. The van der Waals surface area contributed by atoms with E-state index < -0.39 is 0 Å². The summed E-state index contributed by atoms with van der Waals surface area (Å²) < 4.78 is 7.20. The highest BCUT2D eigenvalue weighted by molar-refractivity contribution is 6.22. The van der Waals surface area contributed by atoms with Gasteiger partial charge in [-0.1, -0.05) is 185 Å². The monoisotopic (exact) mass is 869 g/mol. The summed E-state index contributed by atoms with van der Waals surface area (Å²) in [6.45, 7) is 6.83. The smallest absolute Gasteiger partial charge is 0.159 e. The van der Waals surface area contributed by atoms with E-state index in [9.17, 15) is 0 Å². The van der Waals surface area contributed by atoms with Crippen molar-refractivity contribution in [3.8, 4) is 33.4 Å². The molecule has 0 aliphatic heterocycles. The second kappa shape index (κ2) is 15.6. The quantitative estimate of drug-likeness (QED) is 0.166. The molecule has 0 saturated carbocycles. The fourth-order valence-corrected chi connectivity index (χ4v) is 10.5. The van der Waals surface area contributed by atoms with Crippen LogP contribution in [0.3, 0.4) is 0 Å². The summed E-state index contributed by atoms with van der Waals surface area (Å²) in [4.78, 5) is 2.37. The first-order valence-corrected chi connectivity index (χ1v) is 23.6. The highest BCUT2D eigenvalue weighted by Crippen LogP contribution is 2.47. The van der Waals surface area contributed by atoms with Crippen molar-refractivity contribution in [2.45, 2.75) is 26.2 Å². The van der Waals surface area contributed by atoms with Crippen molar-refractivity contribution in [3.05, 3.63) is 236 Å². The minimum absolute atomic E-state index is 0.127. The Balaban J connectivity index is 0.926. The maximum absolute atomic E-state index is 7.20. The first-order valence-electron chi connectivity index (χ1n) is 23.6. The average molecular weight is 870 g/mol. The van der Waals surface area contributed by atoms with Gasteiger partial charge in [0, 0.05) is 27.7 Å². The van der Waals surface area contributed by atoms with Crippen LogP contribution < -0.4 is 4.90 Å². The number of hydrogen-bond acceptors (Lipinski definition) is 2. The molecule has 13 rings (SSSR count). The van der Waals surface area contributed by atoms with Crippen LogP contribution >= 0.6 is 0 Å². The van der Waals surface area contributed by atoms with E-state index in [1.807, 2.05) is 0 Å². The van der Waals surface area contributed by atoms with E-state index in [0.717, 1.165) is 39.2 Å². The van der Waals surface area contributed by atoms with Gasteiger partial charge in [0.2, 0.25) is 0 Å². The SMILES string of the molecule is CC(C)(C)c1cc2ccccc2c2c1oc1c(N(c3ccc(-c4ccc5cc(-c6ccc7ccccc7c6)ccc5c4)cc3)c3ccc4cc(-c5ccc6ccccc6c5)ccc4c3)cccc12. The molecule has 0 amide bonds. The second-order valence-corrected chi connectivity index (χ2v) is 19.4. The molecule has 0 fully saturated rings. The van der Waals surface area contributed by atoms with E-state index in [1.165, 1.54) is 92.6 Å². The molecule has 13 aromatic rings. The molecule has 0 bridgehead atoms. The van der Waals surface area contributed by atoms with Crippen LogP contribution in [-0.2, 0) is 5.41 Å². The van der Waals surface area contributed by atoms with Gasteiger partial charge < -0.3 is 9.32 Å². The van der Waals surface area contributed by atoms with E-state index in [-0.39, 0.29) is 5.41 Å². The maximum atomic E-state index is 7.20. The van der Waals surface area contributed by atoms with E-state index in [0.29, 0.717) is 0 Å². The zero-order chi connectivity index (χ0) is 45.5. The Bertz CT molecular complexity index is 4130. The standard InChI is InChI=1S/C66H47NO/c1-66(2,3)61-41-56-15-8-9-16-59(56)63-60-17-10-18-62(64(60)68-65(61)63)67(58-34-31-54-39-53(27-28-55(54)40-58)49-22-20-43-12-5-7-14-46(43)36-49)57-32-29-44(30-33-57)47-23-24-51-38-52(26-25-50(51)37-47)48-21-19-42-11-4-6-13-45(42)35-48/h4-41H,1-3H3.